The second kappa shape index (κ2) is 4.80. The smallest absolute Gasteiger partial charge is 0.150 e. The maximum Gasteiger partial charge on any atom is 0.150 e. The van der Waals surface area contributed by atoms with Crippen LogP contribution in [0.3, 0.4) is 0 Å². The number of hydrogen-bond acceptors (Lipinski definition) is 4. The Morgan fingerprint density at radius 2 is 2.07 bits per heavy atom. The lowest BCUT2D eigenvalue weighted by molar-refractivity contribution is 0.339. The Kier molecular flexibility index (Phi) is 4.14. The predicted octanol–water partition coefficient (Wildman–Crippen LogP) is 0.833. The number of nitrogens with two attached hydrogens (primary N) is 1. The molecular weight excluding hydrogens is 212 g/mol. The van der Waals surface area contributed by atoms with Gasteiger partial charge in [0.2, 0.25) is 0 Å². The van der Waals surface area contributed by atoms with Crippen molar-refractivity contribution in [1.29, 1.82) is 0 Å². The lowest BCUT2D eigenvalue weighted by atomic mass is 9.95. The Morgan fingerprint density at radius 3 is 2.47 bits per heavy atom. The van der Waals surface area contributed by atoms with Crippen LogP contribution >= 0.6 is 0 Å². The summed E-state index contributed by atoms with van der Waals surface area (Å²) in [6, 6.07) is 0.268. The molecule has 1 aliphatic rings. The fraction of sp³-hybridized carbons (Fsp3) is 1.00. The monoisotopic (exact) mass is 234 g/mol. The van der Waals surface area contributed by atoms with Crippen molar-refractivity contribution in [2.24, 2.45) is 11.3 Å². The second-order valence-corrected chi connectivity index (χ2v) is 7.22. The van der Waals surface area contributed by atoms with E-state index < -0.39 is 9.84 Å². The maximum atomic E-state index is 11.3. The summed E-state index contributed by atoms with van der Waals surface area (Å²) in [5, 5.41) is 0. The zero-order valence-corrected chi connectivity index (χ0v) is 10.4. The Hall–Kier alpha value is -0.130. The van der Waals surface area contributed by atoms with Gasteiger partial charge >= 0.3 is 0 Å². The molecule has 0 amide bonds. The normalized spacial score (nSPS) is 21.3. The standard InChI is InChI=1S/C10H22N2O2S/c1-3-15(13,14)8-4-5-9(12-11)10(2)6-7-10/h9,12H,3-8,11H2,1-2H3. The summed E-state index contributed by atoms with van der Waals surface area (Å²) in [5.74, 6) is 6.01. The summed E-state index contributed by atoms with van der Waals surface area (Å²) < 4.78 is 22.6. The maximum absolute atomic E-state index is 11.3. The molecule has 15 heavy (non-hydrogen) atoms. The van der Waals surface area contributed by atoms with Gasteiger partial charge in [-0.25, -0.2) is 8.42 Å². The topological polar surface area (TPSA) is 72.2 Å². The van der Waals surface area contributed by atoms with Crippen LogP contribution in [-0.4, -0.2) is 26.0 Å². The van der Waals surface area contributed by atoms with Crippen LogP contribution in [0.1, 0.15) is 39.5 Å². The summed E-state index contributed by atoms with van der Waals surface area (Å²) in [6.07, 6.45) is 3.96. The van der Waals surface area contributed by atoms with Gasteiger partial charge in [-0.1, -0.05) is 13.8 Å². The van der Waals surface area contributed by atoms with E-state index in [1.54, 1.807) is 6.92 Å². The molecule has 0 spiro atoms. The molecule has 1 saturated carbocycles. The van der Waals surface area contributed by atoms with Crippen LogP contribution in [0.4, 0.5) is 0 Å². The van der Waals surface area contributed by atoms with Gasteiger partial charge in [-0.15, -0.1) is 0 Å². The highest BCUT2D eigenvalue weighted by molar-refractivity contribution is 7.91. The van der Waals surface area contributed by atoms with Gasteiger partial charge in [0.1, 0.15) is 9.84 Å². The van der Waals surface area contributed by atoms with E-state index in [9.17, 15) is 8.42 Å². The minimum Gasteiger partial charge on any atom is -0.271 e. The van der Waals surface area contributed by atoms with Crippen molar-refractivity contribution in [3.05, 3.63) is 0 Å². The van der Waals surface area contributed by atoms with Gasteiger partial charge in [0.15, 0.2) is 0 Å². The zero-order chi connectivity index (χ0) is 11.5. The molecular formula is C10H22N2O2S. The van der Waals surface area contributed by atoms with Crippen molar-refractivity contribution < 1.29 is 8.42 Å². The van der Waals surface area contributed by atoms with E-state index in [2.05, 4.69) is 12.3 Å². The molecule has 0 aromatic carbocycles. The SMILES string of the molecule is CCS(=O)(=O)CCCC(NN)C1(C)CC1. The summed E-state index contributed by atoms with van der Waals surface area (Å²) >= 11 is 0. The Bertz CT molecular complexity index is 297. The lowest BCUT2D eigenvalue weighted by Crippen LogP contribution is -2.41. The third-order valence-electron chi connectivity index (χ3n) is 3.47. The first-order chi connectivity index (χ1) is 6.93. The number of nitrogens with one attached hydrogen (secondary N) is 1. The number of hydrazine groups is 1. The zero-order valence-electron chi connectivity index (χ0n) is 9.62. The minimum absolute atomic E-state index is 0.241. The molecule has 1 fully saturated rings. The van der Waals surface area contributed by atoms with Crippen molar-refractivity contribution >= 4 is 9.84 Å². The van der Waals surface area contributed by atoms with Crippen LogP contribution in [0.25, 0.3) is 0 Å². The summed E-state index contributed by atoms with van der Waals surface area (Å²) in [7, 11) is -2.82. The molecule has 5 heteroatoms. The molecule has 1 aliphatic carbocycles. The first-order valence-corrected chi connectivity index (χ1v) is 7.42. The first-order valence-electron chi connectivity index (χ1n) is 5.60. The molecule has 1 atom stereocenters. The largest absolute Gasteiger partial charge is 0.271 e. The Labute approximate surface area is 92.5 Å². The van der Waals surface area contributed by atoms with E-state index in [4.69, 9.17) is 5.84 Å². The summed E-state index contributed by atoms with van der Waals surface area (Å²) in [4.78, 5) is 0. The molecule has 4 nitrogen and oxygen atoms in total. The number of sulfone groups is 1. The van der Waals surface area contributed by atoms with E-state index in [1.165, 1.54) is 12.8 Å². The van der Waals surface area contributed by atoms with Crippen LogP contribution in [0.2, 0.25) is 0 Å². The highest BCUT2D eigenvalue weighted by atomic mass is 32.2. The molecule has 90 valence electrons. The molecule has 1 rings (SSSR count). The first kappa shape index (κ1) is 12.9. The van der Waals surface area contributed by atoms with E-state index in [1.807, 2.05) is 0 Å². The van der Waals surface area contributed by atoms with Crippen molar-refractivity contribution in [2.45, 2.75) is 45.6 Å². The summed E-state index contributed by atoms with van der Waals surface area (Å²) in [5.41, 5.74) is 3.12. The second-order valence-electron chi connectivity index (χ2n) is 4.75. The molecule has 1 unspecified atom stereocenters. The quantitative estimate of drug-likeness (QED) is 0.505. The lowest BCUT2D eigenvalue weighted by Gasteiger charge is -2.22. The van der Waals surface area contributed by atoms with Gasteiger partial charge in [-0.2, -0.15) is 0 Å². The van der Waals surface area contributed by atoms with Crippen LogP contribution in [0.5, 0.6) is 0 Å². The van der Waals surface area contributed by atoms with Crippen molar-refractivity contribution in [1.82, 2.24) is 5.43 Å². The van der Waals surface area contributed by atoms with Crippen LogP contribution in [-0.2, 0) is 9.84 Å². The van der Waals surface area contributed by atoms with Crippen molar-refractivity contribution in [3.8, 4) is 0 Å². The molecule has 0 aromatic rings. The molecule has 0 bridgehead atoms. The molecule has 0 heterocycles. The van der Waals surface area contributed by atoms with Gasteiger partial charge in [0, 0.05) is 11.8 Å². The fourth-order valence-electron chi connectivity index (χ4n) is 1.83. The fourth-order valence-corrected chi connectivity index (χ4v) is 2.73. The van der Waals surface area contributed by atoms with Crippen LogP contribution in [0, 0.1) is 5.41 Å². The minimum atomic E-state index is -2.82. The van der Waals surface area contributed by atoms with Gasteiger partial charge in [0.25, 0.3) is 0 Å². The van der Waals surface area contributed by atoms with E-state index >= 15 is 0 Å². The van der Waals surface area contributed by atoms with Crippen molar-refractivity contribution in [2.75, 3.05) is 11.5 Å². The van der Waals surface area contributed by atoms with Gasteiger partial charge in [-0.3, -0.25) is 11.3 Å². The molecule has 0 aliphatic heterocycles. The van der Waals surface area contributed by atoms with E-state index in [0.29, 0.717) is 11.8 Å². The third kappa shape index (κ3) is 3.74. The summed E-state index contributed by atoms with van der Waals surface area (Å²) in [6.45, 7) is 3.89. The highest BCUT2D eigenvalue weighted by Gasteiger charge is 2.43. The van der Waals surface area contributed by atoms with Gasteiger partial charge in [0.05, 0.1) is 5.75 Å². The molecule has 0 saturated heterocycles. The van der Waals surface area contributed by atoms with Gasteiger partial charge < -0.3 is 0 Å². The van der Waals surface area contributed by atoms with Gasteiger partial charge in [-0.05, 0) is 31.1 Å². The average molecular weight is 234 g/mol. The average Bonchev–Trinajstić information content (AvgIpc) is 2.92. The van der Waals surface area contributed by atoms with E-state index in [0.717, 1.165) is 6.42 Å². The van der Waals surface area contributed by atoms with Crippen LogP contribution in [0.15, 0.2) is 0 Å². The Morgan fingerprint density at radius 1 is 1.47 bits per heavy atom. The van der Waals surface area contributed by atoms with Crippen LogP contribution < -0.4 is 11.3 Å². The number of rotatable bonds is 7. The highest BCUT2D eigenvalue weighted by Crippen LogP contribution is 2.49. The molecule has 0 aromatic heterocycles. The van der Waals surface area contributed by atoms with Crippen molar-refractivity contribution in [3.63, 3.8) is 0 Å². The third-order valence-corrected chi connectivity index (χ3v) is 5.26. The predicted molar refractivity (Wildman–Crippen MR) is 62.0 cm³/mol. The molecule has 3 N–H and O–H groups in total. The van der Waals surface area contributed by atoms with E-state index in [-0.39, 0.29) is 17.5 Å². The Balaban J connectivity index is 2.30. The number of hydrogen-bond donors (Lipinski definition) is 2. The molecule has 0 radical (unpaired) electrons.